The summed E-state index contributed by atoms with van der Waals surface area (Å²) in [7, 11) is 1.87. The molecule has 27 heavy (non-hydrogen) atoms. The molecule has 0 atom stereocenters. The number of hydrogen-bond donors (Lipinski definition) is 1. The van der Waals surface area contributed by atoms with Crippen LogP contribution in [0.2, 0.25) is 5.02 Å². The number of thioether (sulfide) groups is 1. The summed E-state index contributed by atoms with van der Waals surface area (Å²) in [5, 5.41) is 12.3. The number of carbonyl (C=O) groups excluding carboxylic acids is 1. The van der Waals surface area contributed by atoms with E-state index in [1.165, 1.54) is 18.0 Å². The van der Waals surface area contributed by atoms with Crippen molar-refractivity contribution in [2.75, 3.05) is 17.7 Å². The second-order valence-corrected chi connectivity index (χ2v) is 6.90. The highest BCUT2D eigenvalue weighted by Crippen LogP contribution is 2.24. The van der Waals surface area contributed by atoms with Gasteiger partial charge in [-0.3, -0.25) is 4.79 Å². The molecule has 2 aromatic heterocycles. The normalized spacial score (nSPS) is 10.6. The summed E-state index contributed by atoms with van der Waals surface area (Å²) in [5.74, 6) is 2.00. The molecule has 0 aliphatic heterocycles. The van der Waals surface area contributed by atoms with Gasteiger partial charge in [-0.05, 0) is 43.3 Å². The van der Waals surface area contributed by atoms with Gasteiger partial charge in [-0.2, -0.15) is 0 Å². The van der Waals surface area contributed by atoms with Gasteiger partial charge < -0.3 is 14.6 Å². The van der Waals surface area contributed by atoms with Crippen LogP contribution in [0.25, 0.3) is 11.4 Å². The summed E-state index contributed by atoms with van der Waals surface area (Å²) < 4.78 is 7.30. The molecule has 0 aliphatic rings. The maximum absolute atomic E-state index is 12.1. The minimum absolute atomic E-state index is 0.180. The van der Waals surface area contributed by atoms with E-state index in [2.05, 4.69) is 20.5 Å². The van der Waals surface area contributed by atoms with Crippen molar-refractivity contribution in [1.82, 2.24) is 19.7 Å². The second-order valence-electron chi connectivity index (χ2n) is 5.52. The van der Waals surface area contributed by atoms with Crippen LogP contribution in [0.3, 0.4) is 0 Å². The fourth-order valence-electron chi connectivity index (χ4n) is 2.32. The van der Waals surface area contributed by atoms with Gasteiger partial charge in [0, 0.05) is 18.8 Å². The molecule has 140 valence electrons. The minimum atomic E-state index is -0.180. The van der Waals surface area contributed by atoms with Crippen molar-refractivity contribution < 1.29 is 9.53 Å². The predicted molar refractivity (Wildman–Crippen MR) is 106 cm³/mol. The lowest BCUT2D eigenvalue weighted by atomic mass is 10.2. The van der Waals surface area contributed by atoms with Gasteiger partial charge in [0.2, 0.25) is 5.91 Å². The van der Waals surface area contributed by atoms with Gasteiger partial charge in [0.15, 0.2) is 11.0 Å². The molecule has 0 spiro atoms. The first-order valence-corrected chi connectivity index (χ1v) is 9.60. The average molecular weight is 404 g/mol. The lowest BCUT2D eigenvalue weighted by molar-refractivity contribution is -0.113. The SMILES string of the molecule is CCOc1ccc(-c2nnc(SCC(=O)Nc3ccc(Cl)cn3)n2C)cc1. The number of anilines is 1. The van der Waals surface area contributed by atoms with Gasteiger partial charge >= 0.3 is 0 Å². The first kappa shape index (κ1) is 19.2. The summed E-state index contributed by atoms with van der Waals surface area (Å²) in [5.41, 5.74) is 0.926. The standard InChI is InChI=1S/C18H18ClN5O2S/c1-3-26-14-7-4-12(5-8-14)17-22-23-18(24(17)2)27-11-16(25)21-15-9-6-13(19)10-20-15/h4-10H,3,11H2,1-2H3,(H,20,21,25). The van der Waals surface area contributed by atoms with Gasteiger partial charge in [-0.25, -0.2) is 4.98 Å². The van der Waals surface area contributed by atoms with E-state index < -0.39 is 0 Å². The highest BCUT2D eigenvalue weighted by Gasteiger charge is 2.13. The van der Waals surface area contributed by atoms with Crippen LogP contribution in [0.1, 0.15) is 6.92 Å². The topological polar surface area (TPSA) is 81.9 Å². The predicted octanol–water partition coefficient (Wildman–Crippen LogP) is 3.66. The molecule has 2 heterocycles. The van der Waals surface area contributed by atoms with Crippen molar-refractivity contribution in [2.45, 2.75) is 12.1 Å². The maximum Gasteiger partial charge on any atom is 0.236 e. The van der Waals surface area contributed by atoms with Crippen molar-refractivity contribution in [3.63, 3.8) is 0 Å². The monoisotopic (exact) mass is 403 g/mol. The Hall–Kier alpha value is -2.58. The smallest absolute Gasteiger partial charge is 0.236 e. The van der Waals surface area contributed by atoms with Crippen molar-refractivity contribution in [1.29, 1.82) is 0 Å². The molecule has 1 N–H and O–H groups in total. The molecule has 0 radical (unpaired) electrons. The highest BCUT2D eigenvalue weighted by atomic mass is 35.5. The third kappa shape index (κ3) is 4.99. The Balaban J connectivity index is 1.61. The fraction of sp³-hybridized carbons (Fsp3) is 0.222. The summed E-state index contributed by atoms with van der Waals surface area (Å²) in [4.78, 5) is 16.1. The van der Waals surface area contributed by atoms with E-state index in [4.69, 9.17) is 16.3 Å². The Kier molecular flexibility index (Phi) is 6.31. The van der Waals surface area contributed by atoms with E-state index in [-0.39, 0.29) is 11.7 Å². The third-order valence-electron chi connectivity index (χ3n) is 3.59. The van der Waals surface area contributed by atoms with Crippen molar-refractivity contribution in [3.8, 4) is 17.1 Å². The summed E-state index contributed by atoms with van der Waals surface area (Å²) in [6.45, 7) is 2.57. The van der Waals surface area contributed by atoms with Crippen LogP contribution in [-0.2, 0) is 11.8 Å². The van der Waals surface area contributed by atoms with Gasteiger partial charge in [0.25, 0.3) is 0 Å². The largest absolute Gasteiger partial charge is 0.494 e. The minimum Gasteiger partial charge on any atom is -0.494 e. The van der Waals surface area contributed by atoms with E-state index >= 15 is 0 Å². The molecule has 1 amide bonds. The molecule has 3 aromatic rings. The maximum atomic E-state index is 12.1. The number of carbonyl (C=O) groups is 1. The van der Waals surface area contributed by atoms with E-state index in [0.717, 1.165) is 17.1 Å². The molecular weight excluding hydrogens is 386 g/mol. The summed E-state index contributed by atoms with van der Waals surface area (Å²) >= 11 is 7.08. The van der Waals surface area contributed by atoms with Gasteiger partial charge in [0.1, 0.15) is 11.6 Å². The Labute approximate surface area is 166 Å². The van der Waals surface area contributed by atoms with Crippen LogP contribution < -0.4 is 10.1 Å². The molecule has 0 saturated carbocycles. The molecule has 0 unspecified atom stereocenters. The lowest BCUT2D eigenvalue weighted by Gasteiger charge is -2.06. The molecular formula is C18H18ClN5O2S. The van der Waals surface area contributed by atoms with Gasteiger partial charge in [-0.1, -0.05) is 23.4 Å². The molecule has 0 bridgehead atoms. The van der Waals surface area contributed by atoms with E-state index in [0.29, 0.717) is 22.6 Å². The molecule has 0 saturated heterocycles. The van der Waals surface area contributed by atoms with Crippen LogP contribution in [0.15, 0.2) is 47.8 Å². The molecule has 0 fully saturated rings. The van der Waals surface area contributed by atoms with Crippen molar-refractivity contribution in [2.24, 2.45) is 7.05 Å². The number of pyridine rings is 1. The third-order valence-corrected chi connectivity index (χ3v) is 4.83. The Morgan fingerprint density at radius 2 is 2.00 bits per heavy atom. The lowest BCUT2D eigenvalue weighted by Crippen LogP contribution is -2.15. The summed E-state index contributed by atoms with van der Waals surface area (Å²) in [6, 6.07) is 11.0. The zero-order chi connectivity index (χ0) is 19.2. The van der Waals surface area contributed by atoms with E-state index in [9.17, 15) is 4.79 Å². The highest BCUT2D eigenvalue weighted by molar-refractivity contribution is 7.99. The number of rotatable bonds is 7. The zero-order valence-electron chi connectivity index (χ0n) is 14.8. The van der Waals surface area contributed by atoms with Crippen LogP contribution in [0.4, 0.5) is 5.82 Å². The summed E-state index contributed by atoms with van der Waals surface area (Å²) in [6.07, 6.45) is 1.48. The number of nitrogens with one attached hydrogen (secondary N) is 1. The van der Waals surface area contributed by atoms with Gasteiger partial charge in [-0.15, -0.1) is 10.2 Å². The second kappa shape index (κ2) is 8.88. The zero-order valence-corrected chi connectivity index (χ0v) is 16.4. The number of nitrogens with zero attached hydrogens (tertiary/aromatic N) is 4. The molecule has 3 rings (SSSR count). The van der Waals surface area contributed by atoms with Crippen LogP contribution >= 0.6 is 23.4 Å². The molecule has 7 nitrogen and oxygen atoms in total. The van der Waals surface area contributed by atoms with E-state index in [1.54, 1.807) is 12.1 Å². The number of hydrogen-bond acceptors (Lipinski definition) is 6. The number of aromatic nitrogens is 4. The number of amides is 1. The first-order chi connectivity index (χ1) is 13.1. The Bertz CT molecular complexity index is 913. The van der Waals surface area contributed by atoms with Crippen molar-refractivity contribution >= 4 is 35.1 Å². The van der Waals surface area contributed by atoms with Crippen LogP contribution in [0.5, 0.6) is 5.75 Å². The Morgan fingerprint density at radius 3 is 2.67 bits per heavy atom. The van der Waals surface area contributed by atoms with Crippen molar-refractivity contribution in [3.05, 3.63) is 47.6 Å². The number of halogens is 1. The molecule has 0 aliphatic carbocycles. The molecule has 9 heteroatoms. The number of ether oxygens (including phenoxy) is 1. The van der Waals surface area contributed by atoms with E-state index in [1.807, 2.05) is 42.8 Å². The average Bonchev–Trinajstić information content (AvgIpc) is 3.03. The number of benzene rings is 1. The fourth-order valence-corrected chi connectivity index (χ4v) is 3.14. The first-order valence-electron chi connectivity index (χ1n) is 8.23. The Morgan fingerprint density at radius 1 is 1.22 bits per heavy atom. The molecule has 1 aromatic carbocycles. The van der Waals surface area contributed by atoms with Crippen LogP contribution in [0, 0.1) is 0 Å². The van der Waals surface area contributed by atoms with Crippen LogP contribution in [-0.4, -0.2) is 38.0 Å². The van der Waals surface area contributed by atoms with Gasteiger partial charge in [0.05, 0.1) is 17.4 Å². The quantitative estimate of drug-likeness (QED) is 0.606.